The molecule has 224 valence electrons. The standard InChI is InChI=1S/C35H47F3N2O/c1-2-3-4-5-6-7-8-9-10-11-12-19-34(36)35(37,38)41-33-25-29(20-27-15-13-17-31(39)23-27)22-30(26-33)21-28-16-14-18-32(40)24-28/h13-18,22-26,34H,2-12,19-21,39-40H2,1H3. The lowest BCUT2D eigenvalue weighted by Gasteiger charge is -2.22. The van der Waals surface area contributed by atoms with Crippen molar-refractivity contribution in [2.75, 3.05) is 11.5 Å². The van der Waals surface area contributed by atoms with E-state index >= 15 is 0 Å². The molecule has 0 spiro atoms. The molecule has 0 saturated carbocycles. The van der Waals surface area contributed by atoms with Crippen LogP contribution in [0.5, 0.6) is 5.75 Å². The zero-order valence-corrected chi connectivity index (χ0v) is 24.5. The first-order valence-corrected chi connectivity index (χ1v) is 15.3. The van der Waals surface area contributed by atoms with Crippen LogP contribution in [0.3, 0.4) is 0 Å². The first kappa shape index (κ1) is 32.4. The Morgan fingerprint density at radius 2 is 1.10 bits per heavy atom. The zero-order chi connectivity index (χ0) is 29.5. The van der Waals surface area contributed by atoms with E-state index in [0.29, 0.717) is 30.6 Å². The predicted octanol–water partition coefficient (Wildman–Crippen LogP) is 10.0. The maximum absolute atomic E-state index is 14.9. The Morgan fingerprint density at radius 3 is 1.56 bits per heavy atom. The molecule has 0 aliphatic heterocycles. The van der Waals surface area contributed by atoms with Crippen LogP contribution < -0.4 is 16.2 Å². The number of nitrogen functional groups attached to an aromatic ring is 2. The molecule has 0 fully saturated rings. The van der Waals surface area contributed by atoms with Gasteiger partial charge in [0, 0.05) is 11.4 Å². The average molecular weight is 569 g/mol. The molecule has 0 radical (unpaired) electrons. The Balaban J connectivity index is 1.57. The molecule has 0 aliphatic carbocycles. The van der Waals surface area contributed by atoms with Crippen molar-refractivity contribution in [3.63, 3.8) is 0 Å². The molecule has 4 N–H and O–H groups in total. The minimum Gasteiger partial charge on any atom is -0.430 e. The van der Waals surface area contributed by atoms with Gasteiger partial charge >= 0.3 is 6.11 Å². The lowest BCUT2D eigenvalue weighted by molar-refractivity contribution is -0.221. The van der Waals surface area contributed by atoms with Crippen molar-refractivity contribution < 1.29 is 17.9 Å². The van der Waals surface area contributed by atoms with Gasteiger partial charge in [-0.1, -0.05) is 108 Å². The fourth-order valence-corrected chi connectivity index (χ4v) is 5.25. The van der Waals surface area contributed by atoms with Crippen molar-refractivity contribution in [2.45, 2.75) is 109 Å². The third-order valence-electron chi connectivity index (χ3n) is 7.42. The first-order valence-electron chi connectivity index (χ1n) is 15.3. The maximum atomic E-state index is 14.9. The summed E-state index contributed by atoms with van der Waals surface area (Å²) in [4.78, 5) is 0. The maximum Gasteiger partial charge on any atom is 0.429 e. The summed E-state index contributed by atoms with van der Waals surface area (Å²) in [6, 6.07) is 20.0. The van der Waals surface area contributed by atoms with Crippen LogP contribution in [-0.4, -0.2) is 12.3 Å². The normalized spacial score (nSPS) is 12.4. The largest absolute Gasteiger partial charge is 0.430 e. The third kappa shape index (κ3) is 12.1. The molecule has 0 amide bonds. The van der Waals surface area contributed by atoms with Gasteiger partial charge in [0.1, 0.15) is 5.75 Å². The van der Waals surface area contributed by atoms with Gasteiger partial charge < -0.3 is 16.2 Å². The van der Waals surface area contributed by atoms with Crippen LogP contribution in [0.15, 0.2) is 66.7 Å². The number of anilines is 2. The quantitative estimate of drug-likeness (QED) is 0.112. The summed E-state index contributed by atoms with van der Waals surface area (Å²) in [5, 5.41) is 0. The fraction of sp³-hybridized carbons (Fsp3) is 0.486. The van der Waals surface area contributed by atoms with Crippen molar-refractivity contribution in [1.82, 2.24) is 0 Å². The molecule has 6 heteroatoms. The van der Waals surface area contributed by atoms with Gasteiger partial charge in [0.05, 0.1) is 0 Å². The summed E-state index contributed by atoms with van der Waals surface area (Å²) >= 11 is 0. The summed E-state index contributed by atoms with van der Waals surface area (Å²) in [6.07, 6.45) is 6.47. The van der Waals surface area contributed by atoms with E-state index in [-0.39, 0.29) is 12.2 Å². The number of rotatable bonds is 19. The predicted molar refractivity (Wildman–Crippen MR) is 165 cm³/mol. The molecule has 0 aliphatic rings. The van der Waals surface area contributed by atoms with Gasteiger partial charge in [-0.15, -0.1) is 0 Å². The van der Waals surface area contributed by atoms with E-state index < -0.39 is 12.3 Å². The Labute approximate surface area is 244 Å². The number of hydrogen-bond acceptors (Lipinski definition) is 3. The molecule has 0 aromatic heterocycles. The Morgan fingerprint density at radius 1 is 0.634 bits per heavy atom. The highest BCUT2D eigenvalue weighted by Gasteiger charge is 2.42. The van der Waals surface area contributed by atoms with E-state index in [1.54, 1.807) is 24.3 Å². The second-order valence-electron chi connectivity index (χ2n) is 11.3. The van der Waals surface area contributed by atoms with Crippen molar-refractivity contribution in [3.05, 3.63) is 89.0 Å². The van der Waals surface area contributed by atoms with Crippen LogP contribution >= 0.6 is 0 Å². The summed E-state index contributed by atoms with van der Waals surface area (Å²) in [5.74, 6) is -0.0445. The van der Waals surface area contributed by atoms with E-state index in [0.717, 1.165) is 47.9 Å². The number of benzene rings is 3. The van der Waals surface area contributed by atoms with E-state index in [2.05, 4.69) is 6.92 Å². The molecule has 3 aromatic carbocycles. The minimum atomic E-state index is -3.91. The molecular weight excluding hydrogens is 521 g/mol. The second kappa shape index (κ2) is 17.0. The SMILES string of the molecule is CCCCCCCCCCCCCC(F)C(F)(F)Oc1cc(Cc2cccc(N)c2)cc(Cc2cccc(N)c2)c1. The minimum absolute atomic E-state index is 0.0445. The summed E-state index contributed by atoms with van der Waals surface area (Å²) in [7, 11) is 0. The van der Waals surface area contributed by atoms with Crippen molar-refractivity contribution in [1.29, 1.82) is 0 Å². The number of halogens is 3. The van der Waals surface area contributed by atoms with Crippen LogP contribution in [0, 0.1) is 0 Å². The lowest BCUT2D eigenvalue weighted by atomic mass is 9.98. The molecule has 0 heterocycles. The van der Waals surface area contributed by atoms with E-state index in [9.17, 15) is 13.2 Å². The van der Waals surface area contributed by atoms with Crippen molar-refractivity contribution in [3.8, 4) is 5.75 Å². The molecule has 41 heavy (non-hydrogen) atoms. The van der Waals surface area contributed by atoms with Gasteiger partial charge in [-0.2, -0.15) is 8.78 Å². The van der Waals surface area contributed by atoms with Gasteiger partial charge in [0.2, 0.25) is 6.17 Å². The molecule has 1 unspecified atom stereocenters. The van der Waals surface area contributed by atoms with Crippen molar-refractivity contribution >= 4 is 11.4 Å². The first-order chi connectivity index (χ1) is 19.7. The van der Waals surface area contributed by atoms with Crippen molar-refractivity contribution in [2.24, 2.45) is 0 Å². The monoisotopic (exact) mass is 568 g/mol. The summed E-state index contributed by atoms with van der Waals surface area (Å²) in [5.41, 5.74) is 16.6. The van der Waals surface area contributed by atoms with Crippen LogP contribution in [0.2, 0.25) is 0 Å². The molecule has 0 bridgehead atoms. The molecule has 3 aromatic rings. The summed E-state index contributed by atoms with van der Waals surface area (Å²) < 4.78 is 49.6. The van der Waals surface area contributed by atoms with Crippen LogP contribution in [0.1, 0.15) is 106 Å². The van der Waals surface area contributed by atoms with Crippen LogP contribution in [-0.2, 0) is 12.8 Å². The smallest absolute Gasteiger partial charge is 0.429 e. The third-order valence-corrected chi connectivity index (χ3v) is 7.42. The average Bonchev–Trinajstić information content (AvgIpc) is 2.91. The molecule has 1 atom stereocenters. The molecule has 3 nitrogen and oxygen atoms in total. The number of alkyl halides is 3. The molecular formula is C35H47F3N2O. The second-order valence-corrected chi connectivity index (χ2v) is 11.3. The highest BCUT2D eigenvalue weighted by atomic mass is 19.3. The van der Waals surface area contributed by atoms with Gasteiger partial charge in [-0.3, -0.25) is 0 Å². The summed E-state index contributed by atoms with van der Waals surface area (Å²) in [6.45, 7) is 2.21. The van der Waals surface area contributed by atoms with Gasteiger partial charge in [0.15, 0.2) is 0 Å². The van der Waals surface area contributed by atoms with E-state index in [1.807, 2.05) is 42.5 Å². The number of nitrogens with two attached hydrogens (primary N) is 2. The van der Waals surface area contributed by atoms with Gasteiger partial charge in [-0.25, -0.2) is 4.39 Å². The van der Waals surface area contributed by atoms with Gasteiger partial charge in [-0.05, 0) is 77.9 Å². The highest BCUT2D eigenvalue weighted by molar-refractivity contribution is 5.46. The number of hydrogen-bond donors (Lipinski definition) is 2. The zero-order valence-electron chi connectivity index (χ0n) is 24.5. The Hall–Kier alpha value is -3.15. The molecule has 0 saturated heterocycles. The lowest BCUT2D eigenvalue weighted by Crippen LogP contribution is -2.36. The number of unbranched alkanes of at least 4 members (excludes halogenated alkanes) is 10. The van der Waals surface area contributed by atoms with Gasteiger partial charge in [0.25, 0.3) is 0 Å². The van der Waals surface area contributed by atoms with Crippen LogP contribution in [0.4, 0.5) is 24.5 Å². The Kier molecular flexibility index (Phi) is 13.4. The Bertz CT molecular complexity index is 1120. The number of ether oxygens (including phenoxy) is 1. The topological polar surface area (TPSA) is 61.3 Å². The molecule has 3 rings (SSSR count). The fourth-order valence-electron chi connectivity index (χ4n) is 5.25. The van der Waals surface area contributed by atoms with Crippen LogP contribution in [0.25, 0.3) is 0 Å². The van der Waals surface area contributed by atoms with E-state index in [4.69, 9.17) is 16.2 Å². The highest BCUT2D eigenvalue weighted by Crippen LogP contribution is 2.32. The van der Waals surface area contributed by atoms with E-state index in [1.165, 1.54) is 38.5 Å².